The van der Waals surface area contributed by atoms with Crippen LogP contribution in [0, 0.1) is 10.1 Å². The van der Waals surface area contributed by atoms with E-state index in [1.54, 1.807) is 18.2 Å². The van der Waals surface area contributed by atoms with Gasteiger partial charge in [0, 0.05) is 6.42 Å². The zero-order chi connectivity index (χ0) is 10.8. The van der Waals surface area contributed by atoms with Crippen LogP contribution < -0.4 is 4.74 Å². The molecule has 1 aliphatic heterocycles. The van der Waals surface area contributed by atoms with Crippen molar-refractivity contribution in [1.29, 1.82) is 0 Å². The number of hydrogen-bond donors (Lipinski definition) is 0. The number of nitrogens with zero attached hydrogens (tertiary/aromatic N) is 1. The minimum Gasteiger partial charge on any atom is -0.491 e. The molecule has 0 saturated carbocycles. The summed E-state index contributed by atoms with van der Waals surface area (Å²) in [4.78, 5) is 22.2. The molecule has 15 heavy (non-hydrogen) atoms. The fraction of sp³-hybridized carbons (Fsp3) is 0.222. The van der Waals surface area contributed by atoms with E-state index in [2.05, 4.69) is 0 Å². The van der Waals surface area contributed by atoms with Gasteiger partial charge >= 0.3 is 0 Å². The summed E-state index contributed by atoms with van der Waals surface area (Å²) in [7, 11) is 0. The van der Waals surface area contributed by atoms with Crippen LogP contribution in [0.3, 0.4) is 0 Å². The molecule has 1 aliphatic rings. The molecule has 78 valence electrons. The number of fused-ring (bicyclic) bond motifs is 1. The minimum absolute atomic E-state index is 0.0259. The number of benzene rings is 1. The second-order valence-corrected chi connectivity index (χ2v) is 3.89. The third-order valence-electron chi connectivity index (χ3n) is 2.03. The van der Waals surface area contributed by atoms with Gasteiger partial charge in [0.2, 0.25) is 0 Å². The lowest BCUT2D eigenvalue weighted by atomic mass is 10.1. The van der Waals surface area contributed by atoms with Crippen LogP contribution in [0.5, 0.6) is 5.75 Å². The molecule has 1 heterocycles. The Labute approximate surface area is 89.7 Å². The highest BCUT2D eigenvalue weighted by molar-refractivity contribution is 7.93. The lowest BCUT2D eigenvalue weighted by Gasteiger charge is -2.16. The Morgan fingerprint density at radius 2 is 2.27 bits per heavy atom. The highest BCUT2D eigenvalue weighted by Crippen LogP contribution is 2.35. The highest BCUT2D eigenvalue weighted by Gasteiger charge is 2.24. The number of carbonyl (C=O) groups is 1. The zero-order valence-corrected chi connectivity index (χ0v) is 8.45. The van der Waals surface area contributed by atoms with E-state index in [-0.39, 0.29) is 5.78 Å². The number of ketones is 1. The van der Waals surface area contributed by atoms with Gasteiger partial charge in [0.05, 0.1) is 12.2 Å². The van der Waals surface area contributed by atoms with E-state index in [1.807, 2.05) is 0 Å². The van der Waals surface area contributed by atoms with E-state index in [0.717, 1.165) is 0 Å². The SMILES string of the molecule is O=C1CCOc2c(S[N+](=O)[O-])cccc21. The van der Waals surface area contributed by atoms with Gasteiger partial charge in [0.25, 0.3) is 11.9 Å². The first-order valence-corrected chi connectivity index (χ1v) is 5.07. The van der Waals surface area contributed by atoms with Crippen molar-refractivity contribution in [2.75, 3.05) is 6.61 Å². The van der Waals surface area contributed by atoms with Crippen LogP contribution in [-0.2, 0) is 0 Å². The first-order chi connectivity index (χ1) is 7.18. The zero-order valence-electron chi connectivity index (χ0n) is 7.63. The Morgan fingerprint density at radius 3 is 3.00 bits per heavy atom. The summed E-state index contributed by atoms with van der Waals surface area (Å²) >= 11 is 0.460. The van der Waals surface area contributed by atoms with Crippen LogP contribution in [-0.4, -0.2) is 16.7 Å². The van der Waals surface area contributed by atoms with Gasteiger partial charge in [-0.1, -0.05) is 6.07 Å². The van der Waals surface area contributed by atoms with Crippen LogP contribution >= 0.6 is 11.9 Å². The van der Waals surface area contributed by atoms with Crippen molar-refractivity contribution < 1.29 is 13.9 Å². The number of nitro groups is 1. The molecule has 0 spiro atoms. The van der Waals surface area contributed by atoms with E-state index >= 15 is 0 Å². The Hall–Kier alpha value is -1.56. The second kappa shape index (κ2) is 3.90. The van der Waals surface area contributed by atoms with Gasteiger partial charge < -0.3 is 4.74 Å². The van der Waals surface area contributed by atoms with Crippen molar-refractivity contribution in [1.82, 2.24) is 0 Å². The van der Waals surface area contributed by atoms with Crippen LogP contribution in [0.1, 0.15) is 16.8 Å². The van der Waals surface area contributed by atoms with E-state index < -0.39 is 4.33 Å². The fourth-order valence-corrected chi connectivity index (χ4v) is 1.97. The molecule has 0 aromatic heterocycles. The maximum atomic E-state index is 11.5. The summed E-state index contributed by atoms with van der Waals surface area (Å²) in [6.07, 6.45) is 0.333. The largest absolute Gasteiger partial charge is 0.491 e. The Kier molecular flexibility index (Phi) is 2.59. The number of ether oxygens (including phenoxy) is 1. The monoisotopic (exact) mass is 225 g/mol. The lowest BCUT2D eigenvalue weighted by molar-refractivity contribution is -0.284. The molecule has 0 aliphatic carbocycles. The molecule has 1 aromatic carbocycles. The lowest BCUT2D eigenvalue weighted by Crippen LogP contribution is -2.15. The summed E-state index contributed by atoms with van der Waals surface area (Å²) in [5, 5.41) is 10.4. The van der Waals surface area contributed by atoms with E-state index in [9.17, 15) is 14.9 Å². The second-order valence-electron chi connectivity index (χ2n) is 2.97. The normalized spacial score (nSPS) is 14.3. The third kappa shape index (κ3) is 1.94. The molecule has 0 N–H and O–H groups in total. The maximum absolute atomic E-state index is 11.5. The molecule has 0 amide bonds. The van der Waals surface area contributed by atoms with Crippen molar-refractivity contribution in [3.63, 3.8) is 0 Å². The summed E-state index contributed by atoms with van der Waals surface area (Å²) < 4.78 is 4.76. The number of hydrogen-bond acceptors (Lipinski definition) is 5. The third-order valence-corrected chi connectivity index (χ3v) is 2.69. The van der Waals surface area contributed by atoms with Crippen molar-refractivity contribution >= 4 is 17.7 Å². The number of Topliss-reactive ketones (excluding diaryl/α,β-unsaturated/α-hetero) is 1. The van der Waals surface area contributed by atoms with Gasteiger partial charge in [-0.3, -0.25) is 14.9 Å². The van der Waals surface area contributed by atoms with Gasteiger partial charge in [0.15, 0.2) is 5.78 Å². The number of para-hydroxylation sites is 1. The molecule has 6 heteroatoms. The highest BCUT2D eigenvalue weighted by atomic mass is 32.2. The summed E-state index contributed by atoms with van der Waals surface area (Å²) in [6, 6.07) is 4.82. The minimum atomic E-state index is -0.516. The van der Waals surface area contributed by atoms with Gasteiger partial charge in [-0.25, -0.2) is 0 Å². The topological polar surface area (TPSA) is 69.4 Å². The van der Waals surface area contributed by atoms with Crippen LogP contribution in [0.4, 0.5) is 0 Å². The summed E-state index contributed by atoms with van der Waals surface area (Å²) in [5.41, 5.74) is 0.438. The molecule has 0 atom stereocenters. The molecule has 5 nitrogen and oxygen atoms in total. The molecule has 0 radical (unpaired) electrons. The molecule has 0 unspecified atom stereocenters. The quantitative estimate of drug-likeness (QED) is 0.437. The molecule has 0 saturated heterocycles. The Bertz CT molecular complexity index is 432. The first kappa shape index (κ1) is 9.97. The van der Waals surface area contributed by atoms with Gasteiger partial charge in [-0.2, -0.15) is 0 Å². The molecular weight excluding hydrogens is 218 g/mol. The fourth-order valence-electron chi connectivity index (χ4n) is 1.42. The van der Waals surface area contributed by atoms with Gasteiger partial charge in [-0.05, 0) is 12.1 Å². The maximum Gasteiger partial charge on any atom is 0.269 e. The van der Waals surface area contributed by atoms with E-state index in [1.165, 1.54) is 0 Å². The van der Waals surface area contributed by atoms with E-state index in [0.29, 0.717) is 41.2 Å². The molecule has 0 bridgehead atoms. The summed E-state index contributed by atoms with van der Waals surface area (Å²) in [6.45, 7) is 0.293. The molecule has 1 aromatic rings. The number of carbonyl (C=O) groups excluding carboxylic acids is 1. The van der Waals surface area contributed by atoms with Crippen molar-refractivity contribution in [3.05, 3.63) is 33.9 Å². The predicted octanol–water partition coefficient (Wildman–Crippen LogP) is 1.94. The molecule has 2 rings (SSSR count). The predicted molar refractivity (Wildman–Crippen MR) is 53.7 cm³/mol. The van der Waals surface area contributed by atoms with Crippen molar-refractivity contribution in [2.24, 2.45) is 0 Å². The van der Waals surface area contributed by atoms with Crippen molar-refractivity contribution in [2.45, 2.75) is 11.3 Å². The number of rotatable bonds is 2. The van der Waals surface area contributed by atoms with Crippen LogP contribution in [0.15, 0.2) is 23.1 Å². The molecular formula is C9H7NO4S. The van der Waals surface area contributed by atoms with Crippen LogP contribution in [0.25, 0.3) is 0 Å². The van der Waals surface area contributed by atoms with E-state index in [4.69, 9.17) is 4.74 Å². The van der Waals surface area contributed by atoms with Gasteiger partial charge in [0.1, 0.15) is 15.0 Å². The molecule has 0 fully saturated rings. The van der Waals surface area contributed by atoms with Gasteiger partial charge in [-0.15, -0.1) is 0 Å². The standard InChI is InChI=1S/C9H7NO4S/c11-7-4-5-14-9-6(7)2-1-3-8(9)15-10(12)13/h1-3H,4-5H2. The smallest absolute Gasteiger partial charge is 0.269 e. The summed E-state index contributed by atoms with van der Waals surface area (Å²) in [5.74, 6) is 0.317. The average Bonchev–Trinajstić information content (AvgIpc) is 2.19. The average molecular weight is 225 g/mol. The van der Waals surface area contributed by atoms with Crippen molar-refractivity contribution in [3.8, 4) is 5.75 Å². The van der Waals surface area contributed by atoms with Crippen LogP contribution in [0.2, 0.25) is 0 Å². The first-order valence-electron chi connectivity index (χ1n) is 4.30. The Morgan fingerprint density at radius 1 is 1.47 bits per heavy atom. The Balaban J connectivity index is 2.44.